The molecule has 2 heterocycles. The maximum absolute atomic E-state index is 12.9. The summed E-state index contributed by atoms with van der Waals surface area (Å²) in [5, 5.41) is 7.92. The van der Waals surface area contributed by atoms with Crippen molar-refractivity contribution < 1.29 is 4.79 Å². The SMILES string of the molecule is Cc1cccc(-n2ncc3c2CCC[C@H]3NC(=O)c2ccc(-n3ccnc3)cc2)c1C. The zero-order valence-electron chi connectivity index (χ0n) is 17.7. The lowest BCUT2D eigenvalue weighted by Crippen LogP contribution is -2.31. The number of rotatable bonds is 4. The van der Waals surface area contributed by atoms with E-state index in [0.717, 1.165) is 36.2 Å². The van der Waals surface area contributed by atoms with Crippen LogP contribution in [0.25, 0.3) is 11.4 Å². The van der Waals surface area contributed by atoms with Crippen molar-refractivity contribution in [1.29, 1.82) is 0 Å². The number of aromatic nitrogens is 4. The molecule has 0 unspecified atom stereocenters. The van der Waals surface area contributed by atoms with Crippen molar-refractivity contribution in [3.63, 3.8) is 0 Å². The number of carbonyl (C=O) groups is 1. The Morgan fingerprint density at radius 3 is 2.74 bits per heavy atom. The van der Waals surface area contributed by atoms with Gasteiger partial charge in [-0.3, -0.25) is 4.79 Å². The summed E-state index contributed by atoms with van der Waals surface area (Å²) in [5.41, 5.74) is 7.54. The lowest BCUT2D eigenvalue weighted by molar-refractivity contribution is 0.0932. The molecular weight excluding hydrogens is 386 g/mol. The molecule has 0 saturated carbocycles. The van der Waals surface area contributed by atoms with Crippen LogP contribution in [0.15, 0.2) is 67.4 Å². The molecule has 1 aliphatic rings. The lowest BCUT2D eigenvalue weighted by Gasteiger charge is -2.24. The van der Waals surface area contributed by atoms with E-state index in [1.807, 2.05) is 41.2 Å². The van der Waals surface area contributed by atoms with Gasteiger partial charge in [0.15, 0.2) is 0 Å². The number of nitrogens with one attached hydrogen (secondary N) is 1. The molecule has 2 aromatic heterocycles. The molecule has 0 bridgehead atoms. The second-order valence-corrected chi connectivity index (χ2v) is 8.11. The fourth-order valence-corrected chi connectivity index (χ4v) is 4.32. The smallest absolute Gasteiger partial charge is 0.251 e. The first-order valence-corrected chi connectivity index (χ1v) is 10.6. The lowest BCUT2D eigenvalue weighted by atomic mass is 9.92. The molecule has 6 nitrogen and oxygen atoms in total. The molecule has 0 saturated heterocycles. The van der Waals surface area contributed by atoms with Crippen molar-refractivity contribution >= 4 is 5.91 Å². The predicted molar refractivity (Wildman–Crippen MR) is 120 cm³/mol. The summed E-state index contributed by atoms with van der Waals surface area (Å²) < 4.78 is 3.96. The number of nitrogens with zero attached hydrogens (tertiary/aromatic N) is 4. The van der Waals surface area contributed by atoms with Crippen molar-refractivity contribution in [2.24, 2.45) is 0 Å². The van der Waals surface area contributed by atoms with Gasteiger partial charge >= 0.3 is 0 Å². The van der Waals surface area contributed by atoms with Gasteiger partial charge in [0, 0.05) is 34.9 Å². The number of aryl methyl sites for hydroxylation is 1. The van der Waals surface area contributed by atoms with Crippen LogP contribution in [0.5, 0.6) is 0 Å². The topological polar surface area (TPSA) is 64.7 Å². The van der Waals surface area contributed by atoms with Crippen LogP contribution in [-0.4, -0.2) is 25.2 Å². The molecular formula is C25H25N5O. The van der Waals surface area contributed by atoms with Gasteiger partial charge in [-0.05, 0) is 74.6 Å². The van der Waals surface area contributed by atoms with Gasteiger partial charge in [0.25, 0.3) is 5.91 Å². The monoisotopic (exact) mass is 411 g/mol. The van der Waals surface area contributed by atoms with Crippen molar-refractivity contribution in [2.45, 2.75) is 39.2 Å². The molecule has 31 heavy (non-hydrogen) atoms. The van der Waals surface area contributed by atoms with Gasteiger partial charge in [-0.15, -0.1) is 0 Å². The summed E-state index contributed by atoms with van der Waals surface area (Å²) in [6.07, 6.45) is 10.2. The van der Waals surface area contributed by atoms with Crippen molar-refractivity contribution in [2.75, 3.05) is 0 Å². The molecule has 0 fully saturated rings. The molecule has 0 spiro atoms. The zero-order valence-corrected chi connectivity index (χ0v) is 17.7. The van der Waals surface area contributed by atoms with Crippen LogP contribution in [0.2, 0.25) is 0 Å². The van der Waals surface area contributed by atoms with Crippen LogP contribution in [0, 0.1) is 13.8 Å². The third kappa shape index (κ3) is 3.54. The number of carbonyl (C=O) groups excluding carboxylic acids is 1. The molecule has 1 aliphatic carbocycles. The normalized spacial score (nSPS) is 15.5. The maximum Gasteiger partial charge on any atom is 0.251 e. The molecule has 0 aliphatic heterocycles. The molecule has 1 amide bonds. The number of hydrogen-bond acceptors (Lipinski definition) is 3. The van der Waals surface area contributed by atoms with Crippen molar-refractivity contribution in [1.82, 2.24) is 24.6 Å². The Morgan fingerprint density at radius 2 is 1.97 bits per heavy atom. The zero-order chi connectivity index (χ0) is 21.4. The highest BCUT2D eigenvalue weighted by Crippen LogP contribution is 2.32. The van der Waals surface area contributed by atoms with Gasteiger partial charge < -0.3 is 9.88 Å². The van der Waals surface area contributed by atoms with Crippen molar-refractivity contribution in [3.05, 3.63) is 95.3 Å². The van der Waals surface area contributed by atoms with E-state index in [4.69, 9.17) is 5.10 Å². The highest BCUT2D eigenvalue weighted by molar-refractivity contribution is 5.94. The van der Waals surface area contributed by atoms with Gasteiger partial charge in [-0.2, -0.15) is 5.10 Å². The summed E-state index contributed by atoms with van der Waals surface area (Å²) in [4.78, 5) is 17.0. The average Bonchev–Trinajstić information content (AvgIpc) is 3.47. The van der Waals surface area contributed by atoms with Gasteiger partial charge in [0.1, 0.15) is 0 Å². The number of hydrogen-bond donors (Lipinski definition) is 1. The average molecular weight is 412 g/mol. The molecule has 1 atom stereocenters. The first-order valence-electron chi connectivity index (χ1n) is 10.6. The Bertz CT molecular complexity index is 1220. The van der Waals surface area contributed by atoms with E-state index in [1.165, 1.54) is 16.8 Å². The Labute approximate surface area is 181 Å². The Morgan fingerprint density at radius 1 is 1.13 bits per heavy atom. The Kier molecular flexibility index (Phi) is 4.90. The summed E-state index contributed by atoms with van der Waals surface area (Å²) in [6.45, 7) is 4.25. The van der Waals surface area contributed by atoms with Crippen LogP contribution >= 0.6 is 0 Å². The molecule has 5 rings (SSSR count). The first-order chi connectivity index (χ1) is 15.1. The number of imidazole rings is 1. The molecule has 156 valence electrons. The van der Waals surface area contributed by atoms with E-state index in [1.54, 1.807) is 12.5 Å². The highest BCUT2D eigenvalue weighted by atomic mass is 16.1. The summed E-state index contributed by atoms with van der Waals surface area (Å²) >= 11 is 0. The first kappa shape index (κ1) is 19.3. The van der Waals surface area contributed by atoms with E-state index in [9.17, 15) is 4.79 Å². The molecule has 6 heteroatoms. The summed E-state index contributed by atoms with van der Waals surface area (Å²) in [7, 11) is 0. The quantitative estimate of drug-likeness (QED) is 0.538. The van der Waals surface area contributed by atoms with Crippen LogP contribution < -0.4 is 5.32 Å². The van der Waals surface area contributed by atoms with Crippen molar-refractivity contribution in [3.8, 4) is 11.4 Å². The minimum Gasteiger partial charge on any atom is -0.345 e. The summed E-state index contributed by atoms with van der Waals surface area (Å²) in [5.74, 6) is -0.0606. The minimum absolute atomic E-state index is 0.0246. The Hall–Kier alpha value is -3.67. The molecule has 0 radical (unpaired) electrons. The van der Waals surface area contributed by atoms with Crippen LogP contribution in [0.1, 0.15) is 51.6 Å². The second kappa shape index (κ2) is 7.87. The standard InChI is InChI=1S/C25H25N5O/c1-17-5-3-7-23(18(17)2)30-24-8-4-6-22(21(24)15-27-30)28-25(31)19-9-11-20(12-10-19)29-14-13-26-16-29/h3,5,7,9-16,22H,4,6,8H2,1-2H3,(H,28,31)/t22-/m1/s1. The summed E-state index contributed by atoms with van der Waals surface area (Å²) in [6, 6.07) is 13.9. The molecule has 4 aromatic rings. The van der Waals surface area contributed by atoms with Gasteiger partial charge in [-0.25, -0.2) is 9.67 Å². The fraction of sp³-hybridized carbons (Fsp3) is 0.240. The number of fused-ring (bicyclic) bond motifs is 1. The Balaban J connectivity index is 1.38. The van der Waals surface area contributed by atoms with E-state index in [2.05, 4.69) is 47.0 Å². The van der Waals surface area contributed by atoms with Gasteiger partial charge in [0.05, 0.1) is 24.3 Å². The predicted octanol–water partition coefficient (Wildman–Crippen LogP) is 4.48. The largest absolute Gasteiger partial charge is 0.345 e. The van der Waals surface area contributed by atoms with Crippen LogP contribution in [-0.2, 0) is 6.42 Å². The number of benzene rings is 2. The number of amides is 1. The third-order valence-electron chi connectivity index (χ3n) is 6.22. The van der Waals surface area contributed by atoms with E-state index >= 15 is 0 Å². The van der Waals surface area contributed by atoms with Crippen LogP contribution in [0.3, 0.4) is 0 Å². The van der Waals surface area contributed by atoms with E-state index < -0.39 is 0 Å². The third-order valence-corrected chi connectivity index (χ3v) is 6.22. The maximum atomic E-state index is 12.9. The highest BCUT2D eigenvalue weighted by Gasteiger charge is 2.26. The van der Waals surface area contributed by atoms with Crippen LogP contribution in [0.4, 0.5) is 0 Å². The fourth-order valence-electron chi connectivity index (χ4n) is 4.32. The van der Waals surface area contributed by atoms with E-state index in [-0.39, 0.29) is 11.9 Å². The van der Waals surface area contributed by atoms with Gasteiger partial charge in [-0.1, -0.05) is 12.1 Å². The minimum atomic E-state index is -0.0606. The van der Waals surface area contributed by atoms with E-state index in [0.29, 0.717) is 5.56 Å². The molecule has 2 aromatic carbocycles. The van der Waals surface area contributed by atoms with Gasteiger partial charge in [0.2, 0.25) is 0 Å². The second-order valence-electron chi connectivity index (χ2n) is 8.11. The molecule has 1 N–H and O–H groups in total.